The van der Waals surface area contributed by atoms with Gasteiger partial charge in [-0.05, 0) is 0 Å². The molecule has 0 aliphatic rings. The highest BCUT2D eigenvalue weighted by atomic mass is 79.9. The average molecular weight is 295 g/mol. The third kappa shape index (κ3) is 7.92. The Balaban J connectivity index is 3.60. The van der Waals surface area contributed by atoms with Gasteiger partial charge in [0.2, 0.25) is 5.91 Å². The van der Waals surface area contributed by atoms with Gasteiger partial charge >= 0.3 is 5.97 Å². The molecule has 16 heavy (non-hydrogen) atoms. The summed E-state index contributed by atoms with van der Waals surface area (Å²) in [6.07, 6.45) is 0.589. The number of hydrogen-bond acceptors (Lipinski definition) is 5. The number of hydroxylamine groups is 1. The number of rotatable bonds is 6. The Morgan fingerprint density at radius 1 is 1.25 bits per heavy atom. The summed E-state index contributed by atoms with van der Waals surface area (Å²) >= 11 is 2.89. The third-order valence-electron chi connectivity index (χ3n) is 1.32. The molecule has 0 atom stereocenters. The number of hydrogen-bond donors (Lipinski definition) is 2. The van der Waals surface area contributed by atoms with Gasteiger partial charge in [-0.3, -0.25) is 9.59 Å². The fourth-order valence-corrected chi connectivity index (χ4v) is 0.807. The second-order valence-corrected chi connectivity index (χ2v) is 3.18. The number of nitrogens with one attached hydrogen (secondary N) is 2. The molecule has 0 spiro atoms. The molecule has 0 bridgehead atoms. The van der Waals surface area contributed by atoms with Crippen molar-refractivity contribution in [2.75, 3.05) is 11.9 Å². The molecule has 2 N–H and O–H groups in total. The minimum Gasteiger partial charge on any atom is -0.344 e. The normalized spacial score (nSPS) is 9.06. The standard InChI is InChI=1S/C8H11BrN2O5/c9-4-7(14)10-5-8(15)16-11-6(13)2-1-3-12/h3H,1-2,4-5H2,(H,10,14)(H,11,13). The van der Waals surface area contributed by atoms with E-state index in [1.165, 1.54) is 0 Å². The van der Waals surface area contributed by atoms with Gasteiger partial charge in [-0.25, -0.2) is 4.79 Å². The summed E-state index contributed by atoms with van der Waals surface area (Å²) in [5.74, 6) is -1.75. The highest BCUT2D eigenvalue weighted by molar-refractivity contribution is 9.09. The van der Waals surface area contributed by atoms with Crippen LogP contribution in [-0.2, 0) is 24.0 Å². The maximum Gasteiger partial charge on any atom is 0.351 e. The molecular weight excluding hydrogens is 284 g/mol. The highest BCUT2D eigenvalue weighted by Crippen LogP contribution is 1.84. The van der Waals surface area contributed by atoms with Crippen LogP contribution in [0.1, 0.15) is 12.8 Å². The molecule has 0 aromatic rings. The van der Waals surface area contributed by atoms with Crippen molar-refractivity contribution in [3.8, 4) is 0 Å². The predicted octanol–water partition coefficient (Wildman–Crippen LogP) is -0.949. The molecule has 0 aromatic heterocycles. The second kappa shape index (κ2) is 8.84. The maximum atomic E-state index is 10.9. The Bertz CT molecular complexity index is 282. The lowest BCUT2D eigenvalue weighted by atomic mass is 10.3. The van der Waals surface area contributed by atoms with Crippen molar-refractivity contribution >= 4 is 40.0 Å². The summed E-state index contributed by atoms with van der Waals surface area (Å²) in [6.45, 7) is -0.335. The van der Waals surface area contributed by atoms with E-state index in [4.69, 9.17) is 0 Å². The Hall–Kier alpha value is -1.44. The fourth-order valence-electron chi connectivity index (χ4n) is 0.609. The summed E-state index contributed by atoms with van der Waals surface area (Å²) < 4.78 is 0. The predicted molar refractivity (Wildman–Crippen MR) is 56.3 cm³/mol. The third-order valence-corrected chi connectivity index (χ3v) is 1.83. The van der Waals surface area contributed by atoms with Crippen LogP contribution in [0.3, 0.4) is 0 Å². The van der Waals surface area contributed by atoms with Gasteiger partial charge in [-0.1, -0.05) is 15.9 Å². The summed E-state index contributed by atoms with van der Waals surface area (Å²) in [5.41, 5.74) is 1.85. The van der Waals surface area contributed by atoms with Crippen LogP contribution in [0.25, 0.3) is 0 Å². The number of amides is 2. The van der Waals surface area contributed by atoms with E-state index in [1.807, 2.05) is 5.48 Å². The molecule has 0 saturated heterocycles. The molecule has 8 heteroatoms. The lowest BCUT2D eigenvalue weighted by molar-refractivity contribution is -0.157. The van der Waals surface area contributed by atoms with E-state index >= 15 is 0 Å². The molecule has 0 radical (unpaired) electrons. The van der Waals surface area contributed by atoms with Crippen LogP contribution < -0.4 is 10.8 Å². The summed E-state index contributed by atoms with van der Waals surface area (Å²) in [7, 11) is 0. The molecule has 90 valence electrons. The first kappa shape index (κ1) is 14.6. The molecule has 0 unspecified atom stereocenters. The van der Waals surface area contributed by atoms with Crippen molar-refractivity contribution in [1.82, 2.24) is 10.8 Å². The van der Waals surface area contributed by atoms with E-state index in [2.05, 4.69) is 26.1 Å². The Kier molecular flexibility index (Phi) is 8.04. The molecule has 0 saturated carbocycles. The Morgan fingerprint density at radius 2 is 1.94 bits per heavy atom. The topological polar surface area (TPSA) is 102 Å². The molecule has 0 aliphatic heterocycles. The zero-order chi connectivity index (χ0) is 12.4. The van der Waals surface area contributed by atoms with Crippen molar-refractivity contribution < 1.29 is 24.0 Å². The second-order valence-electron chi connectivity index (χ2n) is 2.62. The number of halogens is 1. The van der Waals surface area contributed by atoms with Gasteiger partial charge in [-0.2, -0.15) is 5.48 Å². The van der Waals surface area contributed by atoms with E-state index in [-0.39, 0.29) is 30.6 Å². The van der Waals surface area contributed by atoms with E-state index in [9.17, 15) is 19.2 Å². The first-order valence-electron chi connectivity index (χ1n) is 4.35. The van der Waals surface area contributed by atoms with Gasteiger partial charge < -0.3 is 14.9 Å². The van der Waals surface area contributed by atoms with Gasteiger partial charge in [-0.15, -0.1) is 0 Å². The van der Waals surface area contributed by atoms with Crippen LogP contribution >= 0.6 is 15.9 Å². The van der Waals surface area contributed by atoms with Crippen LogP contribution in [0, 0.1) is 0 Å². The minimum atomic E-state index is -0.797. The summed E-state index contributed by atoms with van der Waals surface area (Å²) in [4.78, 5) is 46.7. The smallest absolute Gasteiger partial charge is 0.344 e. The Labute approximate surface area is 100.0 Å². The lowest BCUT2D eigenvalue weighted by Gasteiger charge is -2.05. The van der Waals surface area contributed by atoms with E-state index < -0.39 is 11.9 Å². The molecule has 0 aliphatic carbocycles. The van der Waals surface area contributed by atoms with Crippen LogP contribution in [0.4, 0.5) is 0 Å². The van der Waals surface area contributed by atoms with Gasteiger partial charge in [0.1, 0.15) is 12.8 Å². The first-order chi connectivity index (χ1) is 7.60. The van der Waals surface area contributed by atoms with Gasteiger partial charge in [0.05, 0.1) is 5.33 Å². The SMILES string of the molecule is O=CCCC(=O)NOC(=O)CNC(=O)CBr. The maximum absolute atomic E-state index is 10.9. The van der Waals surface area contributed by atoms with Crippen molar-refractivity contribution in [2.45, 2.75) is 12.8 Å². The van der Waals surface area contributed by atoms with Gasteiger partial charge in [0.25, 0.3) is 5.91 Å². The first-order valence-corrected chi connectivity index (χ1v) is 5.47. The zero-order valence-electron chi connectivity index (χ0n) is 8.32. The average Bonchev–Trinajstić information content (AvgIpc) is 2.30. The molecule has 0 fully saturated rings. The zero-order valence-corrected chi connectivity index (χ0v) is 9.91. The van der Waals surface area contributed by atoms with Crippen molar-refractivity contribution in [3.63, 3.8) is 0 Å². The monoisotopic (exact) mass is 294 g/mol. The molecule has 0 rings (SSSR count). The van der Waals surface area contributed by atoms with Crippen LogP contribution in [0.5, 0.6) is 0 Å². The minimum absolute atomic E-state index is 0.0511. The molecule has 2 amide bonds. The molecule has 0 aromatic carbocycles. The largest absolute Gasteiger partial charge is 0.351 e. The van der Waals surface area contributed by atoms with Crippen molar-refractivity contribution in [3.05, 3.63) is 0 Å². The van der Waals surface area contributed by atoms with E-state index in [0.29, 0.717) is 6.29 Å². The molecule has 7 nitrogen and oxygen atoms in total. The van der Waals surface area contributed by atoms with Crippen molar-refractivity contribution in [1.29, 1.82) is 0 Å². The van der Waals surface area contributed by atoms with E-state index in [1.54, 1.807) is 0 Å². The van der Waals surface area contributed by atoms with Gasteiger partial charge in [0, 0.05) is 12.8 Å². The van der Waals surface area contributed by atoms with Crippen LogP contribution in [0.15, 0.2) is 0 Å². The van der Waals surface area contributed by atoms with Crippen LogP contribution in [0.2, 0.25) is 0 Å². The van der Waals surface area contributed by atoms with Crippen molar-refractivity contribution in [2.24, 2.45) is 0 Å². The Morgan fingerprint density at radius 3 is 2.50 bits per heavy atom. The van der Waals surface area contributed by atoms with Gasteiger partial charge in [0.15, 0.2) is 0 Å². The fraction of sp³-hybridized carbons (Fsp3) is 0.500. The number of carbonyl (C=O) groups excluding carboxylic acids is 4. The van der Waals surface area contributed by atoms with Crippen LogP contribution in [-0.4, -0.2) is 35.9 Å². The number of carbonyl (C=O) groups is 4. The quantitative estimate of drug-likeness (QED) is 0.374. The molecular formula is C8H11BrN2O5. The lowest BCUT2D eigenvalue weighted by Crippen LogP contribution is -2.35. The number of aldehydes is 1. The highest BCUT2D eigenvalue weighted by Gasteiger charge is 2.07. The summed E-state index contributed by atoms with van der Waals surface area (Å²) in [5, 5.41) is 2.31. The number of alkyl halides is 1. The summed E-state index contributed by atoms with van der Waals surface area (Å²) in [6, 6.07) is 0. The molecule has 0 heterocycles. The van der Waals surface area contributed by atoms with E-state index in [0.717, 1.165) is 0 Å².